The third-order valence-corrected chi connectivity index (χ3v) is 4.43. The molecule has 1 N–H and O–H groups in total. The van der Waals surface area contributed by atoms with Gasteiger partial charge in [0, 0.05) is 18.4 Å². The van der Waals surface area contributed by atoms with Crippen molar-refractivity contribution >= 4 is 0 Å². The van der Waals surface area contributed by atoms with Gasteiger partial charge in [-0.3, -0.25) is 0 Å². The fourth-order valence-electron chi connectivity index (χ4n) is 2.87. The van der Waals surface area contributed by atoms with Gasteiger partial charge in [-0.2, -0.15) is 0 Å². The standard InChI is InChI=1S/C15H25N3O/c1-11-4-6-12(7-5-11)15-18-17-14(19-15)3-2-10-16-13-8-9-13/h11-13,16H,2-10H2,1H3. The van der Waals surface area contributed by atoms with Crippen LogP contribution in [0.1, 0.15) is 69.6 Å². The molecule has 0 aromatic carbocycles. The van der Waals surface area contributed by atoms with Gasteiger partial charge < -0.3 is 9.73 Å². The summed E-state index contributed by atoms with van der Waals surface area (Å²) in [5.41, 5.74) is 0. The van der Waals surface area contributed by atoms with E-state index in [0.29, 0.717) is 5.92 Å². The van der Waals surface area contributed by atoms with Gasteiger partial charge in [0.25, 0.3) is 0 Å². The molecule has 0 bridgehead atoms. The van der Waals surface area contributed by atoms with Crippen molar-refractivity contribution in [3.05, 3.63) is 11.8 Å². The average molecular weight is 263 g/mol. The minimum absolute atomic E-state index is 0.516. The first-order valence-electron chi connectivity index (χ1n) is 7.87. The lowest BCUT2D eigenvalue weighted by Crippen LogP contribution is -2.17. The summed E-state index contributed by atoms with van der Waals surface area (Å²) < 4.78 is 5.83. The first-order chi connectivity index (χ1) is 9.31. The molecule has 0 spiro atoms. The number of hydrogen-bond acceptors (Lipinski definition) is 4. The van der Waals surface area contributed by atoms with Crippen LogP contribution in [0.15, 0.2) is 4.42 Å². The first kappa shape index (κ1) is 13.1. The fourth-order valence-corrected chi connectivity index (χ4v) is 2.87. The summed E-state index contributed by atoms with van der Waals surface area (Å²) in [5.74, 6) is 3.09. The zero-order chi connectivity index (χ0) is 13.1. The lowest BCUT2D eigenvalue weighted by Gasteiger charge is -2.23. The molecule has 0 unspecified atom stereocenters. The minimum Gasteiger partial charge on any atom is -0.425 e. The molecule has 1 heterocycles. The fraction of sp³-hybridized carbons (Fsp3) is 0.867. The normalized spacial score (nSPS) is 27.6. The molecule has 2 fully saturated rings. The molecule has 1 aromatic rings. The first-order valence-corrected chi connectivity index (χ1v) is 7.87. The van der Waals surface area contributed by atoms with E-state index in [2.05, 4.69) is 22.4 Å². The number of hydrogen-bond donors (Lipinski definition) is 1. The van der Waals surface area contributed by atoms with Gasteiger partial charge in [0.05, 0.1) is 0 Å². The number of aromatic nitrogens is 2. The van der Waals surface area contributed by atoms with Crippen LogP contribution in [0, 0.1) is 5.92 Å². The molecule has 0 atom stereocenters. The van der Waals surface area contributed by atoms with Gasteiger partial charge in [-0.05, 0) is 57.4 Å². The Balaban J connectivity index is 1.42. The van der Waals surface area contributed by atoms with Crippen molar-refractivity contribution in [2.75, 3.05) is 6.54 Å². The Morgan fingerprint density at radius 1 is 1.11 bits per heavy atom. The quantitative estimate of drug-likeness (QED) is 0.801. The Morgan fingerprint density at radius 3 is 2.63 bits per heavy atom. The number of rotatable bonds is 6. The van der Waals surface area contributed by atoms with Gasteiger partial charge in [0.1, 0.15) is 0 Å². The summed E-state index contributed by atoms with van der Waals surface area (Å²) in [6.07, 6.45) is 9.74. The monoisotopic (exact) mass is 263 g/mol. The molecule has 0 amide bonds. The van der Waals surface area contributed by atoms with Gasteiger partial charge in [-0.25, -0.2) is 0 Å². The van der Waals surface area contributed by atoms with E-state index in [4.69, 9.17) is 4.42 Å². The van der Waals surface area contributed by atoms with E-state index in [1.807, 2.05) is 0 Å². The second-order valence-corrected chi connectivity index (χ2v) is 6.32. The molecule has 19 heavy (non-hydrogen) atoms. The summed E-state index contributed by atoms with van der Waals surface area (Å²) in [5, 5.41) is 12.0. The predicted octanol–water partition coefficient (Wildman–Crippen LogP) is 3.05. The second-order valence-electron chi connectivity index (χ2n) is 6.32. The highest BCUT2D eigenvalue weighted by atomic mass is 16.4. The molecule has 0 aliphatic heterocycles. The van der Waals surface area contributed by atoms with Crippen molar-refractivity contribution in [1.82, 2.24) is 15.5 Å². The van der Waals surface area contributed by atoms with Gasteiger partial charge in [-0.15, -0.1) is 10.2 Å². The molecule has 1 aromatic heterocycles. The highest BCUT2D eigenvalue weighted by molar-refractivity contribution is 4.94. The molecule has 2 saturated carbocycles. The topological polar surface area (TPSA) is 51.0 Å². The maximum Gasteiger partial charge on any atom is 0.219 e. The summed E-state index contributed by atoms with van der Waals surface area (Å²) in [6.45, 7) is 3.41. The SMILES string of the molecule is CC1CCC(c2nnc(CCCNC3CC3)o2)CC1. The number of nitrogens with zero attached hydrogens (tertiary/aromatic N) is 2. The van der Waals surface area contributed by atoms with Crippen LogP contribution in [-0.4, -0.2) is 22.8 Å². The van der Waals surface area contributed by atoms with Crippen LogP contribution in [0.5, 0.6) is 0 Å². The molecule has 4 heteroatoms. The van der Waals surface area contributed by atoms with Crippen LogP contribution in [0.2, 0.25) is 0 Å². The molecule has 2 aliphatic rings. The molecular weight excluding hydrogens is 238 g/mol. The molecule has 106 valence electrons. The summed E-state index contributed by atoms with van der Waals surface area (Å²) >= 11 is 0. The molecule has 2 aliphatic carbocycles. The van der Waals surface area contributed by atoms with E-state index in [1.165, 1.54) is 38.5 Å². The maximum atomic E-state index is 5.83. The molecular formula is C15H25N3O. The van der Waals surface area contributed by atoms with Gasteiger partial charge in [0.2, 0.25) is 11.8 Å². The van der Waals surface area contributed by atoms with Crippen molar-refractivity contribution in [3.63, 3.8) is 0 Å². The highest BCUT2D eigenvalue weighted by Gasteiger charge is 2.24. The van der Waals surface area contributed by atoms with Crippen LogP contribution in [-0.2, 0) is 6.42 Å². The number of aryl methyl sites for hydroxylation is 1. The molecule has 0 radical (unpaired) electrons. The maximum absolute atomic E-state index is 5.83. The van der Waals surface area contributed by atoms with Crippen LogP contribution < -0.4 is 5.32 Å². The zero-order valence-corrected chi connectivity index (χ0v) is 11.9. The van der Waals surface area contributed by atoms with Crippen molar-refractivity contribution in [2.24, 2.45) is 5.92 Å². The molecule has 0 saturated heterocycles. The lowest BCUT2D eigenvalue weighted by molar-refractivity contribution is 0.301. The number of nitrogens with one attached hydrogen (secondary N) is 1. The van der Waals surface area contributed by atoms with E-state index in [9.17, 15) is 0 Å². The molecule has 3 rings (SSSR count). The Kier molecular flexibility index (Phi) is 4.16. The van der Waals surface area contributed by atoms with Crippen molar-refractivity contribution in [3.8, 4) is 0 Å². The smallest absolute Gasteiger partial charge is 0.219 e. The lowest BCUT2D eigenvalue weighted by atomic mass is 9.83. The summed E-state index contributed by atoms with van der Waals surface area (Å²) in [7, 11) is 0. The minimum atomic E-state index is 0.516. The Bertz CT molecular complexity index is 392. The van der Waals surface area contributed by atoms with E-state index in [0.717, 1.165) is 43.1 Å². The van der Waals surface area contributed by atoms with Gasteiger partial charge >= 0.3 is 0 Å². The van der Waals surface area contributed by atoms with E-state index in [1.54, 1.807) is 0 Å². The third-order valence-electron chi connectivity index (χ3n) is 4.43. The van der Waals surface area contributed by atoms with E-state index < -0.39 is 0 Å². The van der Waals surface area contributed by atoms with Gasteiger partial charge in [-0.1, -0.05) is 6.92 Å². The van der Waals surface area contributed by atoms with Crippen LogP contribution in [0.4, 0.5) is 0 Å². The average Bonchev–Trinajstić information content (AvgIpc) is 3.13. The van der Waals surface area contributed by atoms with Crippen LogP contribution in [0.25, 0.3) is 0 Å². The van der Waals surface area contributed by atoms with Crippen molar-refractivity contribution in [2.45, 2.75) is 70.3 Å². The Labute approximate surface area is 115 Å². The Hall–Kier alpha value is -0.900. The van der Waals surface area contributed by atoms with Gasteiger partial charge in [0.15, 0.2) is 0 Å². The summed E-state index contributed by atoms with van der Waals surface area (Å²) in [4.78, 5) is 0. The van der Waals surface area contributed by atoms with E-state index in [-0.39, 0.29) is 0 Å². The second kappa shape index (κ2) is 6.04. The zero-order valence-electron chi connectivity index (χ0n) is 11.9. The molecule has 4 nitrogen and oxygen atoms in total. The predicted molar refractivity (Wildman–Crippen MR) is 74.0 cm³/mol. The highest BCUT2D eigenvalue weighted by Crippen LogP contribution is 2.34. The third kappa shape index (κ3) is 3.78. The largest absolute Gasteiger partial charge is 0.425 e. The van der Waals surface area contributed by atoms with E-state index >= 15 is 0 Å². The van der Waals surface area contributed by atoms with Crippen molar-refractivity contribution < 1.29 is 4.42 Å². The Morgan fingerprint density at radius 2 is 1.89 bits per heavy atom. The summed E-state index contributed by atoms with van der Waals surface area (Å²) in [6, 6.07) is 0.794. The van der Waals surface area contributed by atoms with Crippen LogP contribution >= 0.6 is 0 Å². The van der Waals surface area contributed by atoms with Crippen LogP contribution in [0.3, 0.4) is 0 Å². The van der Waals surface area contributed by atoms with Crippen molar-refractivity contribution in [1.29, 1.82) is 0 Å².